The second-order valence-corrected chi connectivity index (χ2v) is 9.57. The van der Waals surface area contributed by atoms with Gasteiger partial charge in [0.05, 0.1) is 40.7 Å². The van der Waals surface area contributed by atoms with Crippen LogP contribution in [0.5, 0.6) is 0 Å². The standard InChI is InChI=1S/C18H4ClF18P/c19-38(7-3-1-5(13(20,21)22)9(15(26,27)28)11(7)17(32,33)34)8-4-2-6(14(23,24)25)10(16(29,30)31)12(8)18(35,36)37/h1-4H. The molecule has 0 nitrogen and oxygen atoms in total. The Balaban J connectivity index is 3.15. The number of benzene rings is 2. The molecule has 0 aliphatic carbocycles. The maximum absolute atomic E-state index is 13.6. The molecule has 0 spiro atoms. The zero-order chi connectivity index (χ0) is 30.0. The van der Waals surface area contributed by atoms with E-state index >= 15 is 0 Å². The third kappa shape index (κ3) is 6.37. The van der Waals surface area contributed by atoms with Crippen molar-refractivity contribution < 1.29 is 79.0 Å². The highest BCUT2D eigenvalue weighted by Gasteiger charge is 2.54. The molecular weight excluding hydrogens is 625 g/mol. The summed E-state index contributed by atoms with van der Waals surface area (Å²) in [5.74, 6) is 0. The lowest BCUT2D eigenvalue weighted by atomic mass is 9.99. The lowest BCUT2D eigenvalue weighted by molar-refractivity contribution is -0.174. The van der Waals surface area contributed by atoms with Gasteiger partial charge in [0.1, 0.15) is 0 Å². The Kier molecular flexibility index (Phi) is 8.05. The Morgan fingerprint density at radius 2 is 0.605 bits per heavy atom. The SMILES string of the molecule is FC(F)(F)c1ccc(P(Cl)c2ccc(C(F)(F)F)c(C(F)(F)F)c2C(F)(F)F)c(C(F)(F)F)c1C(F)(F)F. The smallest absolute Gasteiger partial charge is 0.166 e. The number of hydrogen-bond acceptors (Lipinski definition) is 0. The number of alkyl halides is 18. The van der Waals surface area contributed by atoms with Gasteiger partial charge >= 0.3 is 37.1 Å². The molecule has 2 rings (SSSR count). The van der Waals surface area contributed by atoms with E-state index in [4.69, 9.17) is 11.2 Å². The molecule has 0 amide bonds. The second-order valence-electron chi connectivity index (χ2n) is 7.03. The van der Waals surface area contributed by atoms with E-state index in [1.807, 2.05) is 0 Å². The van der Waals surface area contributed by atoms with Crippen molar-refractivity contribution >= 4 is 29.1 Å². The first-order chi connectivity index (χ1) is 16.6. The van der Waals surface area contributed by atoms with Crippen LogP contribution in [0.15, 0.2) is 24.3 Å². The van der Waals surface area contributed by atoms with E-state index in [1.165, 1.54) is 0 Å². The van der Waals surface area contributed by atoms with Gasteiger partial charge in [0, 0.05) is 10.6 Å². The second kappa shape index (κ2) is 9.52. The molecule has 2 aromatic rings. The fourth-order valence-corrected chi connectivity index (χ4v) is 5.66. The first-order valence-electron chi connectivity index (χ1n) is 8.84. The average Bonchev–Trinajstić information content (AvgIpc) is 2.67. The van der Waals surface area contributed by atoms with Crippen molar-refractivity contribution in [2.45, 2.75) is 37.1 Å². The molecule has 0 fully saturated rings. The minimum absolute atomic E-state index is 0.440. The molecule has 0 aliphatic heterocycles. The first-order valence-corrected chi connectivity index (χ1v) is 11.1. The molecule has 0 saturated carbocycles. The van der Waals surface area contributed by atoms with Gasteiger partial charge in [0.2, 0.25) is 0 Å². The van der Waals surface area contributed by atoms with E-state index in [0.29, 0.717) is 0 Å². The van der Waals surface area contributed by atoms with Gasteiger partial charge in [0.15, 0.2) is 0 Å². The lowest BCUT2D eigenvalue weighted by Crippen LogP contribution is -2.33. The third-order valence-electron chi connectivity index (χ3n) is 4.53. The Morgan fingerprint density at radius 3 is 0.789 bits per heavy atom. The van der Waals surface area contributed by atoms with Gasteiger partial charge in [-0.25, -0.2) is 0 Å². The van der Waals surface area contributed by atoms with E-state index in [0.717, 1.165) is 0 Å². The molecule has 0 bridgehead atoms. The summed E-state index contributed by atoms with van der Waals surface area (Å²) in [7, 11) is -4.27. The van der Waals surface area contributed by atoms with E-state index in [1.54, 1.807) is 0 Å². The summed E-state index contributed by atoms with van der Waals surface area (Å²) in [5.41, 5.74) is -19.4. The highest BCUT2D eigenvalue weighted by atomic mass is 35.7. The molecule has 0 N–H and O–H groups in total. The highest BCUT2D eigenvalue weighted by Crippen LogP contribution is 2.54. The van der Waals surface area contributed by atoms with Crippen molar-refractivity contribution in [1.29, 1.82) is 0 Å². The molecule has 0 unspecified atom stereocenters. The topological polar surface area (TPSA) is 0 Å². The van der Waals surface area contributed by atoms with Gasteiger partial charge in [0.25, 0.3) is 0 Å². The molecule has 0 saturated heterocycles. The fourth-order valence-electron chi connectivity index (χ4n) is 3.28. The summed E-state index contributed by atoms with van der Waals surface area (Å²) in [6.07, 6.45) is -38.1. The van der Waals surface area contributed by atoms with Crippen LogP contribution in [0.2, 0.25) is 0 Å². The predicted octanol–water partition coefficient (Wildman–Crippen LogP) is 9.39. The van der Waals surface area contributed by atoms with Crippen LogP contribution in [0.4, 0.5) is 79.0 Å². The molecule has 0 atom stereocenters. The van der Waals surface area contributed by atoms with Crippen LogP contribution in [-0.2, 0) is 37.1 Å². The molecular formula is C18H4ClF18P. The third-order valence-corrected chi connectivity index (χ3v) is 7.22. The van der Waals surface area contributed by atoms with Crippen LogP contribution in [0.25, 0.3) is 0 Å². The molecule has 2 aromatic carbocycles. The van der Waals surface area contributed by atoms with E-state index < -0.39 is 113 Å². The first kappa shape index (κ1) is 32.1. The monoisotopic (exact) mass is 628 g/mol. The van der Waals surface area contributed by atoms with Crippen LogP contribution in [0.1, 0.15) is 33.4 Å². The largest absolute Gasteiger partial charge is 0.417 e. The molecule has 0 aromatic heterocycles. The van der Waals surface area contributed by atoms with Crippen LogP contribution >= 0.6 is 18.5 Å². The summed E-state index contributed by atoms with van der Waals surface area (Å²) in [6, 6.07) is -2.17. The highest BCUT2D eigenvalue weighted by molar-refractivity contribution is 7.95. The Labute approximate surface area is 203 Å². The van der Waals surface area contributed by atoms with Crippen molar-refractivity contribution in [3.8, 4) is 0 Å². The van der Waals surface area contributed by atoms with Gasteiger partial charge in [-0.05, 0) is 12.1 Å². The van der Waals surface area contributed by atoms with Crippen LogP contribution in [0, 0.1) is 0 Å². The molecule has 0 heterocycles. The van der Waals surface area contributed by atoms with Crippen molar-refractivity contribution in [2.24, 2.45) is 0 Å². The maximum atomic E-state index is 13.6. The summed E-state index contributed by atoms with van der Waals surface area (Å²) < 4.78 is 241. The maximum Gasteiger partial charge on any atom is 0.417 e. The van der Waals surface area contributed by atoms with E-state index in [-0.39, 0.29) is 0 Å². The van der Waals surface area contributed by atoms with Crippen LogP contribution in [0.3, 0.4) is 0 Å². The normalized spacial score (nSPS) is 14.4. The number of hydrogen-bond donors (Lipinski definition) is 0. The minimum atomic E-state index is -6.48. The van der Waals surface area contributed by atoms with Crippen LogP contribution < -0.4 is 10.6 Å². The van der Waals surface area contributed by atoms with Gasteiger partial charge < -0.3 is 0 Å². The van der Waals surface area contributed by atoms with E-state index in [2.05, 4.69) is 0 Å². The molecule has 214 valence electrons. The van der Waals surface area contributed by atoms with Gasteiger partial charge in [-0.2, -0.15) is 79.0 Å². The molecule has 0 aliphatic rings. The quantitative estimate of drug-likeness (QED) is 0.230. The van der Waals surface area contributed by atoms with E-state index in [9.17, 15) is 79.0 Å². The zero-order valence-electron chi connectivity index (χ0n) is 16.9. The summed E-state index contributed by atoms with van der Waals surface area (Å²) >= 11 is 5.50. The zero-order valence-corrected chi connectivity index (χ0v) is 18.6. The van der Waals surface area contributed by atoms with Crippen molar-refractivity contribution in [3.63, 3.8) is 0 Å². The predicted molar refractivity (Wildman–Crippen MR) is 94.9 cm³/mol. The summed E-state index contributed by atoms with van der Waals surface area (Å²) in [6.45, 7) is 0. The lowest BCUT2D eigenvalue weighted by Gasteiger charge is -2.28. The van der Waals surface area contributed by atoms with Crippen LogP contribution in [-0.4, -0.2) is 0 Å². The minimum Gasteiger partial charge on any atom is -0.166 e. The Bertz CT molecular complexity index is 1100. The fraction of sp³-hybridized carbons (Fsp3) is 0.333. The number of rotatable bonds is 2. The van der Waals surface area contributed by atoms with Crippen molar-refractivity contribution in [3.05, 3.63) is 57.6 Å². The Hall–Kier alpha value is -2.10. The molecule has 0 radical (unpaired) electrons. The van der Waals surface area contributed by atoms with Crippen molar-refractivity contribution in [1.82, 2.24) is 0 Å². The molecule has 38 heavy (non-hydrogen) atoms. The van der Waals surface area contributed by atoms with Crippen molar-refractivity contribution in [2.75, 3.05) is 0 Å². The molecule has 20 heteroatoms. The Morgan fingerprint density at radius 1 is 0.368 bits per heavy atom. The van der Waals surface area contributed by atoms with Gasteiger partial charge in [-0.1, -0.05) is 23.4 Å². The van der Waals surface area contributed by atoms with Gasteiger partial charge in [-0.3, -0.25) is 0 Å². The summed E-state index contributed by atoms with van der Waals surface area (Å²) in [4.78, 5) is 0. The summed E-state index contributed by atoms with van der Waals surface area (Å²) in [5, 5.41) is -4.35. The average molecular weight is 629 g/mol. The van der Waals surface area contributed by atoms with Gasteiger partial charge in [-0.15, -0.1) is 0 Å². The number of halogens is 19.